The van der Waals surface area contributed by atoms with E-state index in [0.717, 1.165) is 22.7 Å². The van der Waals surface area contributed by atoms with Gasteiger partial charge in [-0.2, -0.15) is 0 Å². The number of hydrogen-bond donors (Lipinski definition) is 0. The Morgan fingerprint density at radius 2 is 0.712 bits per heavy atom. The van der Waals surface area contributed by atoms with Crippen LogP contribution in [0.2, 0.25) is 0 Å². The highest BCUT2D eigenvalue weighted by Crippen LogP contribution is 2.57. The van der Waals surface area contributed by atoms with Crippen LogP contribution >= 0.6 is 0 Å². The summed E-state index contributed by atoms with van der Waals surface area (Å²) in [6.45, 7) is 0. The van der Waals surface area contributed by atoms with E-state index in [4.69, 9.17) is 0 Å². The van der Waals surface area contributed by atoms with Crippen LogP contribution in [0.1, 0.15) is 43.2 Å². The monoisotopic (exact) mass is 846 g/mol. The van der Waals surface area contributed by atoms with Crippen LogP contribution < -0.4 is 9.80 Å². The van der Waals surface area contributed by atoms with E-state index < -0.39 is 0 Å². The molecular weight excluding hydrogens is 797 g/mol. The van der Waals surface area contributed by atoms with E-state index in [2.05, 4.69) is 252 Å². The van der Waals surface area contributed by atoms with Crippen molar-refractivity contribution in [3.8, 4) is 44.5 Å². The maximum atomic E-state index is 2.53. The summed E-state index contributed by atoms with van der Waals surface area (Å²) in [4.78, 5) is 4.84. The summed E-state index contributed by atoms with van der Waals surface area (Å²) in [5.41, 5.74) is 19.9. The van der Waals surface area contributed by atoms with Crippen molar-refractivity contribution in [3.05, 3.63) is 254 Å². The summed E-state index contributed by atoms with van der Waals surface area (Å²) in [5, 5.41) is 2.48. The van der Waals surface area contributed by atoms with Crippen LogP contribution in [-0.4, -0.2) is 0 Å². The van der Waals surface area contributed by atoms with E-state index in [0.29, 0.717) is 0 Å². The zero-order valence-corrected chi connectivity index (χ0v) is 37.0. The topological polar surface area (TPSA) is 6.48 Å². The van der Waals surface area contributed by atoms with Crippen molar-refractivity contribution in [3.63, 3.8) is 0 Å². The number of nitrogens with zero attached hydrogens (tertiary/aromatic N) is 2. The summed E-state index contributed by atoms with van der Waals surface area (Å²) in [6.07, 6.45) is 6.28. The van der Waals surface area contributed by atoms with E-state index in [1.165, 1.54) is 110 Å². The van der Waals surface area contributed by atoms with Gasteiger partial charge in [-0.15, -0.1) is 0 Å². The van der Waals surface area contributed by atoms with Crippen molar-refractivity contribution in [1.82, 2.24) is 0 Å². The summed E-state index contributed by atoms with van der Waals surface area (Å²) in [7, 11) is 0. The first-order chi connectivity index (χ1) is 32.7. The maximum Gasteiger partial charge on any atom is 0.0540 e. The summed E-state index contributed by atoms with van der Waals surface area (Å²) in [5.74, 6) is 0. The fraction of sp³-hybridized carbons (Fsp3) is 0.0938. The molecule has 1 fully saturated rings. The molecule has 12 rings (SSSR count). The first kappa shape index (κ1) is 39.6. The smallest absolute Gasteiger partial charge is 0.0540 e. The van der Waals surface area contributed by atoms with E-state index in [-0.39, 0.29) is 5.41 Å². The SMILES string of the molecule is c1ccc(-c2ccc(N(c3ccc(-c4ccccc4)cc3)c3ccc(-c4ccc(N(c5ccc6c(c5)C5(CCCCC5)c5ccccc5-6)c5cccc6ccccc56)cc4)cc3)cc2)cc1. The predicted octanol–water partition coefficient (Wildman–Crippen LogP) is 18.0. The number of anilines is 6. The average molecular weight is 847 g/mol. The largest absolute Gasteiger partial charge is 0.311 e. The minimum Gasteiger partial charge on any atom is -0.311 e. The Labute approximate surface area is 388 Å². The normalized spacial score (nSPS) is 13.6. The van der Waals surface area contributed by atoms with Gasteiger partial charge in [0, 0.05) is 39.2 Å². The summed E-state index contributed by atoms with van der Waals surface area (Å²) < 4.78 is 0. The Morgan fingerprint density at radius 3 is 1.27 bits per heavy atom. The number of rotatable bonds is 9. The van der Waals surface area contributed by atoms with Gasteiger partial charge in [-0.3, -0.25) is 0 Å². The molecular formula is C64H50N2. The molecule has 0 N–H and O–H groups in total. The molecule has 0 aliphatic heterocycles. The second-order valence-corrected chi connectivity index (χ2v) is 18.0. The minimum atomic E-state index is 0.0768. The Balaban J connectivity index is 0.902. The van der Waals surface area contributed by atoms with Gasteiger partial charge >= 0.3 is 0 Å². The van der Waals surface area contributed by atoms with E-state index >= 15 is 0 Å². The van der Waals surface area contributed by atoms with Gasteiger partial charge in [-0.05, 0) is 141 Å². The predicted molar refractivity (Wildman–Crippen MR) is 279 cm³/mol. The Morgan fingerprint density at radius 1 is 0.288 bits per heavy atom. The molecule has 1 saturated carbocycles. The molecule has 0 unspecified atom stereocenters. The molecule has 0 radical (unpaired) electrons. The lowest BCUT2D eigenvalue weighted by Crippen LogP contribution is -2.28. The van der Waals surface area contributed by atoms with Crippen LogP contribution in [-0.2, 0) is 5.41 Å². The lowest BCUT2D eigenvalue weighted by Gasteiger charge is -2.36. The number of benzene rings is 10. The third-order valence-corrected chi connectivity index (χ3v) is 14.3. The Hall–Kier alpha value is -7.94. The van der Waals surface area contributed by atoms with Gasteiger partial charge in [0.15, 0.2) is 0 Å². The molecule has 2 nitrogen and oxygen atoms in total. The molecule has 66 heavy (non-hydrogen) atoms. The van der Waals surface area contributed by atoms with Gasteiger partial charge in [-0.1, -0.05) is 195 Å². The molecule has 0 aromatic heterocycles. The maximum absolute atomic E-state index is 2.53. The molecule has 2 heteroatoms. The van der Waals surface area contributed by atoms with Crippen molar-refractivity contribution in [1.29, 1.82) is 0 Å². The van der Waals surface area contributed by atoms with Crippen molar-refractivity contribution >= 4 is 44.9 Å². The molecule has 10 aromatic rings. The molecule has 0 bridgehead atoms. The zero-order chi connectivity index (χ0) is 43.9. The van der Waals surface area contributed by atoms with Gasteiger partial charge in [0.25, 0.3) is 0 Å². The van der Waals surface area contributed by atoms with E-state index in [1.54, 1.807) is 0 Å². The van der Waals surface area contributed by atoms with Gasteiger partial charge < -0.3 is 9.80 Å². The molecule has 316 valence electrons. The van der Waals surface area contributed by atoms with Crippen LogP contribution in [0.3, 0.4) is 0 Å². The molecule has 0 saturated heterocycles. The van der Waals surface area contributed by atoms with Crippen molar-refractivity contribution in [2.24, 2.45) is 0 Å². The van der Waals surface area contributed by atoms with Crippen LogP contribution in [0.5, 0.6) is 0 Å². The molecule has 2 aliphatic carbocycles. The molecule has 2 aliphatic rings. The van der Waals surface area contributed by atoms with E-state index in [9.17, 15) is 0 Å². The van der Waals surface area contributed by atoms with Crippen LogP contribution in [0, 0.1) is 0 Å². The Bertz CT molecular complexity index is 3210. The van der Waals surface area contributed by atoms with Gasteiger partial charge in [-0.25, -0.2) is 0 Å². The van der Waals surface area contributed by atoms with Crippen molar-refractivity contribution in [2.45, 2.75) is 37.5 Å². The van der Waals surface area contributed by atoms with E-state index in [1.807, 2.05) is 0 Å². The van der Waals surface area contributed by atoms with Crippen LogP contribution in [0.15, 0.2) is 243 Å². The quantitative estimate of drug-likeness (QED) is 0.143. The first-order valence-corrected chi connectivity index (χ1v) is 23.5. The van der Waals surface area contributed by atoms with Crippen LogP contribution in [0.4, 0.5) is 34.1 Å². The molecule has 1 spiro atoms. The number of hydrogen-bond acceptors (Lipinski definition) is 2. The minimum absolute atomic E-state index is 0.0768. The molecule has 10 aromatic carbocycles. The third-order valence-electron chi connectivity index (χ3n) is 14.3. The highest BCUT2D eigenvalue weighted by molar-refractivity contribution is 5.99. The zero-order valence-electron chi connectivity index (χ0n) is 37.0. The highest BCUT2D eigenvalue weighted by atomic mass is 15.1. The fourth-order valence-electron chi connectivity index (χ4n) is 11.0. The third kappa shape index (κ3) is 7.07. The van der Waals surface area contributed by atoms with Crippen molar-refractivity contribution in [2.75, 3.05) is 9.80 Å². The molecule has 0 atom stereocenters. The fourth-order valence-corrected chi connectivity index (χ4v) is 11.0. The lowest BCUT2D eigenvalue weighted by atomic mass is 9.68. The average Bonchev–Trinajstić information content (AvgIpc) is 3.65. The second-order valence-electron chi connectivity index (χ2n) is 18.0. The first-order valence-electron chi connectivity index (χ1n) is 23.5. The van der Waals surface area contributed by atoms with Crippen LogP contribution in [0.25, 0.3) is 55.3 Å². The molecule has 0 heterocycles. The highest BCUT2D eigenvalue weighted by Gasteiger charge is 2.44. The van der Waals surface area contributed by atoms with Gasteiger partial charge in [0.1, 0.15) is 0 Å². The summed E-state index contributed by atoms with van der Waals surface area (Å²) in [6, 6.07) is 89.2. The lowest BCUT2D eigenvalue weighted by molar-refractivity contribution is 0.353. The standard InChI is InChI=1S/C64H50N2/c1-4-15-46(16-5-1)48-25-33-53(34-26-48)65(54-35-27-49(28-36-54)47-17-6-2-7-18-47)55-37-29-50(30-38-55)51-31-39-56(40-32-51)66(63-24-14-20-52-19-8-9-21-58(52)63)57-41-42-60-59-22-10-11-23-61(59)64(62(60)45-57)43-12-3-13-44-64/h1-2,4-11,14-42,45H,3,12-13,43-44H2. The Kier molecular flexibility index (Phi) is 10.1. The number of fused-ring (bicyclic) bond motifs is 6. The van der Waals surface area contributed by atoms with Crippen molar-refractivity contribution < 1.29 is 0 Å². The van der Waals surface area contributed by atoms with Gasteiger partial charge in [0.05, 0.1) is 5.69 Å². The van der Waals surface area contributed by atoms with Gasteiger partial charge in [0.2, 0.25) is 0 Å². The second kappa shape index (κ2) is 16.9. The molecule has 0 amide bonds. The summed E-state index contributed by atoms with van der Waals surface area (Å²) >= 11 is 0.